The van der Waals surface area contributed by atoms with Gasteiger partial charge in [0.15, 0.2) is 0 Å². The summed E-state index contributed by atoms with van der Waals surface area (Å²) in [5, 5.41) is 0. The molecule has 0 radical (unpaired) electrons. The molecule has 5 heteroatoms. The van der Waals surface area contributed by atoms with Crippen molar-refractivity contribution >= 4 is 56.9 Å². The van der Waals surface area contributed by atoms with E-state index in [-0.39, 0.29) is 0 Å². The lowest BCUT2D eigenvalue weighted by Crippen LogP contribution is -2.08. The summed E-state index contributed by atoms with van der Waals surface area (Å²) in [6.45, 7) is 0. The third-order valence-electron chi connectivity index (χ3n) is 5.67. The van der Waals surface area contributed by atoms with Crippen LogP contribution >= 0.6 is 11.3 Å². The van der Waals surface area contributed by atoms with Gasteiger partial charge in [-0.05, 0) is 59.7 Å². The molecule has 3 aromatic carbocycles. The molecule has 33 heavy (non-hydrogen) atoms. The summed E-state index contributed by atoms with van der Waals surface area (Å²) in [4.78, 5) is 14.2. The standard InChI is InChI=1S/C28H26N4S/c1-31(2)21-13-9-19(10-14-21)17-25-27-28(30-24-8-6-5-7-23(24)29-27)26(33-25)18-20-11-15-22(16-12-20)32(3)4/h5-18H,1-4H3/b25-17+,26-18+. The molecule has 0 bridgehead atoms. The number of rotatable bonds is 4. The zero-order chi connectivity index (χ0) is 22.9. The highest BCUT2D eigenvalue weighted by molar-refractivity contribution is 7.09. The van der Waals surface area contributed by atoms with E-state index in [9.17, 15) is 0 Å². The Morgan fingerprint density at radius 1 is 0.576 bits per heavy atom. The molecule has 0 aliphatic rings. The minimum absolute atomic E-state index is 0.919. The first-order valence-electron chi connectivity index (χ1n) is 10.9. The molecule has 0 fully saturated rings. The van der Waals surface area contributed by atoms with Gasteiger partial charge in [0.05, 0.1) is 20.1 Å². The molecule has 0 saturated carbocycles. The van der Waals surface area contributed by atoms with E-state index in [4.69, 9.17) is 9.97 Å². The zero-order valence-corrected chi connectivity index (χ0v) is 20.1. The fourth-order valence-corrected chi connectivity index (χ4v) is 4.90. The molecule has 5 rings (SSSR count). The number of aromatic nitrogens is 2. The van der Waals surface area contributed by atoms with E-state index in [0.717, 1.165) is 42.3 Å². The summed E-state index contributed by atoms with van der Waals surface area (Å²) in [5.41, 5.74) is 8.41. The second-order valence-electron chi connectivity index (χ2n) is 8.50. The molecule has 0 atom stereocenters. The Hall–Kier alpha value is -3.70. The SMILES string of the molecule is CN(C)c1ccc(/C=c2/s/c(=C/c3ccc(N(C)C)cc3)c3nc4ccccc4nc23)cc1. The molecular weight excluding hydrogens is 424 g/mol. The highest BCUT2D eigenvalue weighted by Crippen LogP contribution is 2.17. The first-order chi connectivity index (χ1) is 16.0. The second kappa shape index (κ2) is 8.68. The molecule has 0 unspecified atom stereocenters. The number of thiophene rings is 1. The first-order valence-corrected chi connectivity index (χ1v) is 11.7. The van der Waals surface area contributed by atoms with Crippen LogP contribution in [-0.2, 0) is 0 Å². The number of anilines is 2. The van der Waals surface area contributed by atoms with E-state index in [2.05, 4.69) is 98.7 Å². The van der Waals surface area contributed by atoms with Gasteiger partial charge in [0.2, 0.25) is 0 Å². The van der Waals surface area contributed by atoms with Gasteiger partial charge in [0, 0.05) is 39.6 Å². The van der Waals surface area contributed by atoms with E-state index in [1.807, 2.05) is 24.3 Å². The van der Waals surface area contributed by atoms with E-state index in [1.165, 1.54) is 11.4 Å². The smallest absolute Gasteiger partial charge is 0.108 e. The van der Waals surface area contributed by atoms with Crippen molar-refractivity contribution < 1.29 is 0 Å². The summed E-state index contributed by atoms with van der Waals surface area (Å²) in [6, 6.07) is 25.2. The van der Waals surface area contributed by atoms with Gasteiger partial charge in [-0.3, -0.25) is 0 Å². The Kier molecular flexibility index (Phi) is 5.56. The molecule has 2 heterocycles. The zero-order valence-electron chi connectivity index (χ0n) is 19.3. The third-order valence-corrected chi connectivity index (χ3v) is 6.73. The lowest BCUT2D eigenvalue weighted by atomic mass is 10.1. The van der Waals surface area contributed by atoms with E-state index in [0.29, 0.717) is 0 Å². The van der Waals surface area contributed by atoms with E-state index < -0.39 is 0 Å². The summed E-state index contributed by atoms with van der Waals surface area (Å²) in [7, 11) is 8.22. The predicted molar refractivity (Wildman–Crippen MR) is 143 cm³/mol. The van der Waals surface area contributed by atoms with Crippen molar-refractivity contribution in [2.75, 3.05) is 38.0 Å². The summed E-state index contributed by atoms with van der Waals surface area (Å²) < 4.78 is 2.24. The Balaban J connectivity index is 1.71. The van der Waals surface area contributed by atoms with Crippen LogP contribution in [0.4, 0.5) is 11.4 Å². The van der Waals surface area contributed by atoms with Crippen molar-refractivity contribution in [1.29, 1.82) is 0 Å². The first kappa shape index (κ1) is 21.2. The van der Waals surface area contributed by atoms with Gasteiger partial charge in [0.25, 0.3) is 0 Å². The van der Waals surface area contributed by atoms with Crippen LogP contribution in [0.2, 0.25) is 0 Å². The Morgan fingerprint density at radius 3 is 1.33 bits per heavy atom. The molecule has 0 saturated heterocycles. The van der Waals surface area contributed by atoms with Crippen LogP contribution in [-0.4, -0.2) is 38.2 Å². The minimum atomic E-state index is 0.919. The summed E-state index contributed by atoms with van der Waals surface area (Å²) in [6.07, 6.45) is 4.42. The molecular formula is C28H26N4S. The largest absolute Gasteiger partial charge is 0.378 e. The van der Waals surface area contributed by atoms with Gasteiger partial charge in [-0.1, -0.05) is 36.4 Å². The van der Waals surface area contributed by atoms with Gasteiger partial charge in [0.1, 0.15) is 11.0 Å². The second-order valence-corrected chi connectivity index (χ2v) is 9.58. The van der Waals surface area contributed by atoms with E-state index in [1.54, 1.807) is 11.3 Å². The van der Waals surface area contributed by atoms with E-state index >= 15 is 0 Å². The highest BCUT2D eigenvalue weighted by atomic mass is 32.1. The van der Waals surface area contributed by atoms with Crippen molar-refractivity contribution in [1.82, 2.24) is 9.97 Å². The van der Waals surface area contributed by atoms with Crippen molar-refractivity contribution in [2.24, 2.45) is 0 Å². The number of hydrogen-bond acceptors (Lipinski definition) is 5. The summed E-state index contributed by atoms with van der Waals surface area (Å²) >= 11 is 1.74. The molecule has 0 amide bonds. The van der Waals surface area contributed by atoms with Gasteiger partial charge in [-0.2, -0.15) is 0 Å². The number of nitrogens with zero attached hydrogens (tertiary/aromatic N) is 4. The fourth-order valence-electron chi connectivity index (χ4n) is 3.79. The topological polar surface area (TPSA) is 32.3 Å². The number of para-hydroxylation sites is 2. The lowest BCUT2D eigenvalue weighted by molar-refractivity contribution is 1.13. The van der Waals surface area contributed by atoms with Crippen LogP contribution in [0.1, 0.15) is 11.1 Å². The molecule has 2 aromatic heterocycles. The van der Waals surface area contributed by atoms with Crippen LogP contribution in [0.5, 0.6) is 0 Å². The quantitative estimate of drug-likeness (QED) is 0.400. The molecule has 4 nitrogen and oxygen atoms in total. The summed E-state index contributed by atoms with van der Waals surface area (Å²) in [5.74, 6) is 0. The molecule has 164 valence electrons. The number of fused-ring (bicyclic) bond motifs is 2. The van der Waals surface area contributed by atoms with Crippen LogP contribution in [0.15, 0.2) is 72.8 Å². The molecule has 5 aromatic rings. The van der Waals surface area contributed by atoms with Crippen molar-refractivity contribution in [3.8, 4) is 0 Å². The van der Waals surface area contributed by atoms with Crippen LogP contribution < -0.4 is 18.9 Å². The average Bonchev–Trinajstić information content (AvgIpc) is 3.14. The monoisotopic (exact) mass is 450 g/mol. The van der Waals surface area contributed by atoms with Gasteiger partial charge >= 0.3 is 0 Å². The van der Waals surface area contributed by atoms with Gasteiger partial charge in [-0.15, -0.1) is 11.3 Å². The maximum atomic E-state index is 5.00. The third kappa shape index (κ3) is 4.32. The van der Waals surface area contributed by atoms with Crippen molar-refractivity contribution in [3.63, 3.8) is 0 Å². The fraction of sp³-hybridized carbons (Fsp3) is 0.143. The maximum absolute atomic E-state index is 5.00. The van der Waals surface area contributed by atoms with Gasteiger partial charge in [-0.25, -0.2) is 9.97 Å². The van der Waals surface area contributed by atoms with Crippen LogP contribution in [0, 0.1) is 0 Å². The molecule has 0 aliphatic heterocycles. The lowest BCUT2D eigenvalue weighted by Gasteiger charge is -2.11. The molecule has 0 N–H and O–H groups in total. The van der Waals surface area contributed by atoms with Crippen LogP contribution in [0.25, 0.3) is 34.2 Å². The number of benzene rings is 3. The Bertz CT molecular complexity index is 1430. The Labute approximate surface area is 197 Å². The minimum Gasteiger partial charge on any atom is -0.378 e. The highest BCUT2D eigenvalue weighted by Gasteiger charge is 2.08. The number of hydrogen-bond donors (Lipinski definition) is 0. The maximum Gasteiger partial charge on any atom is 0.108 e. The van der Waals surface area contributed by atoms with Crippen molar-refractivity contribution in [3.05, 3.63) is 93.0 Å². The predicted octanol–water partition coefficient (Wildman–Crippen LogP) is 4.63. The Morgan fingerprint density at radius 2 is 0.970 bits per heavy atom. The van der Waals surface area contributed by atoms with Crippen LogP contribution in [0.3, 0.4) is 0 Å². The normalized spacial score (nSPS) is 12.6. The van der Waals surface area contributed by atoms with Gasteiger partial charge < -0.3 is 9.80 Å². The molecule has 0 aliphatic carbocycles. The average molecular weight is 451 g/mol. The van der Waals surface area contributed by atoms with Crippen molar-refractivity contribution in [2.45, 2.75) is 0 Å². The molecule has 0 spiro atoms.